The molecule has 0 saturated heterocycles. The Kier molecular flexibility index (Phi) is 5.51. The van der Waals surface area contributed by atoms with Crippen LogP contribution in [0.15, 0.2) is 40.9 Å². The summed E-state index contributed by atoms with van der Waals surface area (Å²) in [7, 11) is -2.74. The molecule has 0 aliphatic carbocycles. The Morgan fingerprint density at radius 1 is 1.25 bits per heavy atom. The number of halogens is 1. The zero-order valence-electron chi connectivity index (χ0n) is 15.1. The van der Waals surface area contributed by atoms with E-state index in [0.29, 0.717) is 11.2 Å². The van der Waals surface area contributed by atoms with E-state index < -0.39 is 21.8 Å². The largest absolute Gasteiger partial charge is 0.506 e. The summed E-state index contributed by atoms with van der Waals surface area (Å²) in [5.41, 5.74) is 1.80. The quantitative estimate of drug-likeness (QED) is 0.435. The maximum atomic E-state index is 12.8. The lowest BCUT2D eigenvalue weighted by Crippen LogP contribution is -2.08. The Bertz CT molecular complexity index is 1170. The van der Waals surface area contributed by atoms with Crippen LogP contribution in [-0.4, -0.2) is 35.2 Å². The second-order valence-electron chi connectivity index (χ2n) is 6.18. The number of fused-ring (bicyclic) bond motifs is 1. The minimum Gasteiger partial charge on any atom is -0.506 e. The number of rotatable bonds is 5. The highest BCUT2D eigenvalue weighted by Crippen LogP contribution is 2.42. The van der Waals surface area contributed by atoms with Crippen molar-refractivity contribution in [3.8, 4) is 17.0 Å². The van der Waals surface area contributed by atoms with Gasteiger partial charge in [-0.2, -0.15) is 8.42 Å². The maximum absolute atomic E-state index is 12.8. The fraction of sp³-hybridized carbons (Fsp3) is 0.211. The number of phenols is 1. The topological polar surface area (TPSA) is 106 Å². The van der Waals surface area contributed by atoms with Crippen LogP contribution in [0.3, 0.4) is 0 Å². The van der Waals surface area contributed by atoms with Crippen LogP contribution in [0.2, 0.25) is 0 Å². The van der Waals surface area contributed by atoms with Gasteiger partial charge in [-0.15, -0.1) is 0 Å². The van der Waals surface area contributed by atoms with Crippen molar-refractivity contribution >= 4 is 42.9 Å². The van der Waals surface area contributed by atoms with Gasteiger partial charge in [-0.05, 0) is 34.5 Å². The molecule has 9 heteroatoms. The van der Waals surface area contributed by atoms with Gasteiger partial charge < -0.3 is 14.4 Å². The number of hydrogen-bond donors (Lipinski definition) is 2. The van der Waals surface area contributed by atoms with Crippen LogP contribution in [-0.2, 0) is 27.7 Å². The van der Waals surface area contributed by atoms with Gasteiger partial charge in [-0.25, -0.2) is 4.79 Å². The molecule has 1 aromatic heterocycles. The molecule has 0 aliphatic heterocycles. The number of ether oxygens (including phenoxy) is 1. The van der Waals surface area contributed by atoms with Crippen molar-refractivity contribution < 1.29 is 27.6 Å². The van der Waals surface area contributed by atoms with Crippen LogP contribution in [0.5, 0.6) is 5.75 Å². The summed E-state index contributed by atoms with van der Waals surface area (Å²) in [5.74, 6) is -1.86. The number of carbonyl (C=O) groups excluding carboxylic acids is 1. The first-order chi connectivity index (χ1) is 13.2. The molecular formula is C19H18BrNO6S. The predicted molar refractivity (Wildman–Crippen MR) is 109 cm³/mol. The Labute approximate surface area is 170 Å². The summed E-state index contributed by atoms with van der Waals surface area (Å²) >= 11 is 3.21. The molecule has 7 nitrogen and oxygen atoms in total. The van der Waals surface area contributed by atoms with Gasteiger partial charge in [0, 0.05) is 18.0 Å². The fourth-order valence-electron chi connectivity index (χ4n) is 3.29. The van der Waals surface area contributed by atoms with E-state index in [-0.39, 0.29) is 33.3 Å². The van der Waals surface area contributed by atoms with Gasteiger partial charge >= 0.3 is 5.97 Å². The van der Waals surface area contributed by atoms with E-state index >= 15 is 0 Å². The first-order valence-electron chi connectivity index (χ1n) is 8.36. The maximum Gasteiger partial charge on any atom is 0.340 e. The van der Waals surface area contributed by atoms with Gasteiger partial charge in [0.25, 0.3) is 10.1 Å². The van der Waals surface area contributed by atoms with Gasteiger partial charge in [-0.1, -0.05) is 30.3 Å². The van der Waals surface area contributed by atoms with E-state index in [9.17, 15) is 22.9 Å². The summed E-state index contributed by atoms with van der Waals surface area (Å²) in [6, 6.07) is 10.7. The zero-order chi connectivity index (χ0) is 20.6. The van der Waals surface area contributed by atoms with Gasteiger partial charge in [0.05, 0.1) is 27.9 Å². The normalized spacial score (nSPS) is 11.7. The molecule has 3 rings (SSSR count). The Morgan fingerprint density at radius 2 is 1.89 bits per heavy atom. The fourth-order valence-corrected chi connectivity index (χ4v) is 4.39. The zero-order valence-corrected chi connectivity index (χ0v) is 17.5. The molecule has 0 radical (unpaired) electrons. The molecule has 0 amide bonds. The highest BCUT2D eigenvalue weighted by molar-refractivity contribution is 9.10. The van der Waals surface area contributed by atoms with Gasteiger partial charge in [0.2, 0.25) is 0 Å². The average Bonchev–Trinajstić information content (AvgIpc) is 2.91. The van der Waals surface area contributed by atoms with Crippen LogP contribution in [0, 0.1) is 0 Å². The third-order valence-corrected chi connectivity index (χ3v) is 5.63. The van der Waals surface area contributed by atoms with Crippen molar-refractivity contribution in [2.75, 3.05) is 6.61 Å². The molecule has 0 saturated carbocycles. The number of phenolic OH excluding ortho intramolecular Hbond substituents is 1. The average molecular weight is 468 g/mol. The molecular weight excluding hydrogens is 450 g/mol. The number of aromatic nitrogens is 1. The lowest BCUT2D eigenvalue weighted by Gasteiger charge is -2.10. The third-order valence-electron chi connectivity index (χ3n) is 4.37. The number of aromatic hydroxyl groups is 1. The summed E-state index contributed by atoms with van der Waals surface area (Å²) in [6.07, 6.45) is 0. The van der Waals surface area contributed by atoms with Crippen molar-refractivity contribution in [1.29, 1.82) is 0 Å². The van der Waals surface area contributed by atoms with E-state index in [1.54, 1.807) is 24.6 Å². The SMILES string of the molecule is CCOC(=O)c1c(-c2ccccc2)n(C)c2cc(Br)c(O)c(CS(=O)(=O)O)c12. The second kappa shape index (κ2) is 7.57. The van der Waals surface area contributed by atoms with Gasteiger partial charge in [0.1, 0.15) is 11.5 Å². The van der Waals surface area contributed by atoms with E-state index in [1.165, 1.54) is 0 Å². The highest BCUT2D eigenvalue weighted by atomic mass is 79.9. The molecule has 0 bridgehead atoms. The van der Waals surface area contributed by atoms with Gasteiger partial charge in [0.15, 0.2) is 0 Å². The van der Waals surface area contributed by atoms with Crippen molar-refractivity contribution in [2.45, 2.75) is 12.7 Å². The Morgan fingerprint density at radius 3 is 2.46 bits per heavy atom. The smallest absolute Gasteiger partial charge is 0.340 e. The molecule has 0 atom stereocenters. The van der Waals surface area contributed by atoms with Crippen molar-refractivity contribution in [3.05, 3.63) is 52.0 Å². The molecule has 2 N–H and O–H groups in total. The second-order valence-corrected chi connectivity index (χ2v) is 8.48. The molecule has 0 unspecified atom stereocenters. The molecule has 1 heterocycles. The van der Waals surface area contributed by atoms with E-state index in [0.717, 1.165) is 5.56 Å². The number of carbonyl (C=O) groups is 1. The van der Waals surface area contributed by atoms with Crippen molar-refractivity contribution in [1.82, 2.24) is 4.57 Å². The van der Waals surface area contributed by atoms with Crippen LogP contribution in [0.1, 0.15) is 22.8 Å². The number of benzene rings is 2. The summed E-state index contributed by atoms with van der Waals surface area (Å²) in [4.78, 5) is 12.8. The van der Waals surface area contributed by atoms with Crippen molar-refractivity contribution in [3.63, 3.8) is 0 Å². The monoisotopic (exact) mass is 467 g/mol. The standard InChI is InChI=1S/C19H18BrNO6S/c1-3-27-19(23)16-15-12(10-28(24,25)26)18(22)13(20)9-14(15)21(2)17(16)11-7-5-4-6-8-11/h4-9,22H,3,10H2,1-2H3,(H,24,25,26). The minimum absolute atomic E-state index is 0.0762. The first kappa shape index (κ1) is 20.4. The number of hydrogen-bond acceptors (Lipinski definition) is 5. The molecule has 3 aromatic rings. The number of nitrogens with zero attached hydrogens (tertiary/aromatic N) is 1. The van der Waals surface area contributed by atoms with Crippen LogP contribution < -0.4 is 0 Å². The number of aryl methyl sites for hydroxylation is 1. The van der Waals surface area contributed by atoms with Crippen LogP contribution in [0.4, 0.5) is 0 Å². The first-order valence-corrected chi connectivity index (χ1v) is 10.8. The van der Waals surface area contributed by atoms with Crippen LogP contribution >= 0.6 is 15.9 Å². The predicted octanol–water partition coefficient (Wildman–Crippen LogP) is 3.88. The van der Waals surface area contributed by atoms with E-state index in [1.807, 2.05) is 30.3 Å². The lowest BCUT2D eigenvalue weighted by molar-refractivity contribution is 0.0529. The molecule has 0 spiro atoms. The molecule has 0 aliphatic rings. The Hall–Kier alpha value is -2.36. The summed E-state index contributed by atoms with van der Waals surface area (Å²) < 4.78 is 39.7. The lowest BCUT2D eigenvalue weighted by atomic mass is 10.0. The van der Waals surface area contributed by atoms with Crippen LogP contribution in [0.25, 0.3) is 22.2 Å². The summed E-state index contributed by atoms with van der Waals surface area (Å²) in [6.45, 7) is 1.79. The summed E-state index contributed by atoms with van der Waals surface area (Å²) in [5, 5.41) is 10.7. The highest BCUT2D eigenvalue weighted by Gasteiger charge is 2.29. The van der Waals surface area contributed by atoms with E-state index in [4.69, 9.17) is 4.74 Å². The van der Waals surface area contributed by atoms with E-state index in [2.05, 4.69) is 15.9 Å². The molecule has 0 fully saturated rings. The minimum atomic E-state index is -4.47. The Balaban J connectivity index is 2.51. The molecule has 28 heavy (non-hydrogen) atoms. The van der Waals surface area contributed by atoms with Gasteiger partial charge in [-0.3, -0.25) is 4.55 Å². The third kappa shape index (κ3) is 3.65. The molecule has 2 aromatic carbocycles. The van der Waals surface area contributed by atoms with Crippen molar-refractivity contribution in [2.24, 2.45) is 7.05 Å². The molecule has 148 valence electrons. The number of esters is 1.